The molecule has 0 bridgehead atoms. The van der Waals surface area contributed by atoms with Gasteiger partial charge in [-0.1, -0.05) is 32.1 Å². The second-order valence-corrected chi connectivity index (χ2v) is 4.22. The summed E-state index contributed by atoms with van der Waals surface area (Å²) in [6, 6.07) is 6.21. The summed E-state index contributed by atoms with van der Waals surface area (Å²) in [5.41, 5.74) is 2.40. The second kappa shape index (κ2) is 7.09. The molecule has 0 saturated carbocycles. The first kappa shape index (κ1) is 13.7. The topological polar surface area (TPSA) is 44.5 Å². The third kappa shape index (κ3) is 4.21. The fraction of sp³-hybridized carbons (Fsp3) is 0.429. The number of rotatable bonds is 6. The Morgan fingerprint density at radius 3 is 2.71 bits per heavy atom. The molecule has 0 spiro atoms. The lowest BCUT2D eigenvalue weighted by Gasteiger charge is -2.12. The molecule has 1 aromatic rings. The van der Waals surface area contributed by atoms with Crippen LogP contribution in [0.15, 0.2) is 24.3 Å². The van der Waals surface area contributed by atoms with E-state index in [1.807, 2.05) is 12.1 Å². The molecule has 1 rings (SSSR count). The zero-order valence-corrected chi connectivity index (χ0v) is 10.8. The van der Waals surface area contributed by atoms with Crippen LogP contribution in [0.3, 0.4) is 0 Å². The van der Waals surface area contributed by atoms with Crippen molar-refractivity contribution in [1.82, 2.24) is 0 Å². The number of nitrogens with two attached hydrogens (primary N) is 1. The third-order valence-electron chi connectivity index (χ3n) is 2.59. The lowest BCUT2D eigenvalue weighted by Crippen LogP contribution is -1.98. The van der Waals surface area contributed by atoms with Gasteiger partial charge in [-0.25, -0.2) is 5.90 Å². The Kier molecular flexibility index (Phi) is 5.73. The summed E-state index contributed by atoms with van der Waals surface area (Å²) in [6.45, 7) is 4.87. The van der Waals surface area contributed by atoms with Gasteiger partial charge in [-0.2, -0.15) is 0 Å². The maximum Gasteiger partial charge on any atom is 0.122 e. The highest BCUT2D eigenvalue weighted by Gasteiger charge is 2.06. The van der Waals surface area contributed by atoms with Crippen molar-refractivity contribution in [1.29, 1.82) is 0 Å². The van der Waals surface area contributed by atoms with E-state index in [0.717, 1.165) is 12.2 Å². The lowest BCUT2D eigenvalue weighted by molar-refractivity contribution is 0.143. The molecule has 0 fully saturated rings. The normalized spacial score (nSPS) is 11.4. The molecular formula is C14H21NO2. The summed E-state index contributed by atoms with van der Waals surface area (Å²) < 4.78 is 5.34. The van der Waals surface area contributed by atoms with Crippen LogP contribution in [0.25, 0.3) is 6.08 Å². The van der Waals surface area contributed by atoms with Crippen LogP contribution in [-0.2, 0) is 4.84 Å². The summed E-state index contributed by atoms with van der Waals surface area (Å²) in [4.78, 5) is 4.51. The molecule has 94 valence electrons. The van der Waals surface area contributed by atoms with Gasteiger partial charge in [0.2, 0.25) is 0 Å². The van der Waals surface area contributed by atoms with Crippen molar-refractivity contribution in [3.63, 3.8) is 0 Å². The van der Waals surface area contributed by atoms with Gasteiger partial charge in [0.25, 0.3) is 0 Å². The average molecular weight is 235 g/mol. The molecule has 3 heteroatoms. The average Bonchev–Trinajstić information content (AvgIpc) is 2.34. The highest BCUT2D eigenvalue weighted by molar-refractivity contribution is 5.54. The summed E-state index contributed by atoms with van der Waals surface area (Å²) in [5.74, 6) is 6.36. The van der Waals surface area contributed by atoms with E-state index in [1.165, 1.54) is 11.1 Å². The minimum Gasteiger partial charge on any atom is -0.496 e. The molecule has 0 radical (unpaired) electrons. The van der Waals surface area contributed by atoms with E-state index in [4.69, 9.17) is 10.6 Å². The molecule has 0 heterocycles. The van der Waals surface area contributed by atoms with E-state index in [9.17, 15) is 0 Å². The number of ether oxygens (including phenoxy) is 1. The number of hydrogen-bond acceptors (Lipinski definition) is 3. The van der Waals surface area contributed by atoms with Crippen molar-refractivity contribution >= 4 is 6.08 Å². The van der Waals surface area contributed by atoms with Gasteiger partial charge in [0.15, 0.2) is 0 Å². The summed E-state index contributed by atoms with van der Waals surface area (Å²) in [5, 5.41) is 0. The fourth-order valence-electron chi connectivity index (χ4n) is 1.66. The largest absolute Gasteiger partial charge is 0.496 e. The predicted octanol–water partition coefficient (Wildman–Crippen LogP) is 3.11. The van der Waals surface area contributed by atoms with Gasteiger partial charge in [0.1, 0.15) is 5.75 Å². The van der Waals surface area contributed by atoms with E-state index >= 15 is 0 Å². The number of benzene rings is 1. The van der Waals surface area contributed by atoms with Gasteiger partial charge in [-0.15, -0.1) is 0 Å². The van der Waals surface area contributed by atoms with E-state index < -0.39 is 0 Å². The van der Waals surface area contributed by atoms with Crippen LogP contribution in [-0.4, -0.2) is 13.7 Å². The van der Waals surface area contributed by atoms with E-state index in [0.29, 0.717) is 12.5 Å². The molecular weight excluding hydrogens is 214 g/mol. The van der Waals surface area contributed by atoms with E-state index in [2.05, 4.69) is 36.9 Å². The summed E-state index contributed by atoms with van der Waals surface area (Å²) in [7, 11) is 1.70. The van der Waals surface area contributed by atoms with Gasteiger partial charge < -0.3 is 9.57 Å². The van der Waals surface area contributed by atoms with Crippen LogP contribution in [0.2, 0.25) is 0 Å². The SMILES string of the molecule is COc1ccc(/C=C/CCON)cc1C(C)C. The molecule has 0 amide bonds. The molecule has 0 saturated heterocycles. The molecule has 17 heavy (non-hydrogen) atoms. The maximum atomic E-state index is 5.34. The highest BCUT2D eigenvalue weighted by atomic mass is 16.6. The molecule has 0 aliphatic rings. The standard InChI is InChI=1S/C14H21NO2/c1-11(2)13-10-12(6-4-5-9-17-15)7-8-14(13)16-3/h4,6-8,10-11H,5,9,15H2,1-3H3/b6-4+. The smallest absolute Gasteiger partial charge is 0.122 e. The van der Waals surface area contributed by atoms with Crippen LogP contribution in [0.1, 0.15) is 37.3 Å². The van der Waals surface area contributed by atoms with Crippen molar-refractivity contribution in [2.24, 2.45) is 5.90 Å². The Hall–Kier alpha value is -1.32. The first-order valence-electron chi connectivity index (χ1n) is 5.85. The highest BCUT2D eigenvalue weighted by Crippen LogP contribution is 2.27. The fourth-order valence-corrected chi connectivity index (χ4v) is 1.66. The Morgan fingerprint density at radius 2 is 2.12 bits per heavy atom. The van der Waals surface area contributed by atoms with Crippen molar-refractivity contribution < 1.29 is 9.57 Å². The van der Waals surface area contributed by atoms with Crippen molar-refractivity contribution in [2.45, 2.75) is 26.2 Å². The van der Waals surface area contributed by atoms with Crippen LogP contribution in [0, 0.1) is 0 Å². The zero-order chi connectivity index (χ0) is 12.7. The lowest BCUT2D eigenvalue weighted by atomic mass is 9.99. The minimum atomic E-state index is 0.450. The van der Waals surface area contributed by atoms with Crippen molar-refractivity contribution in [3.05, 3.63) is 35.4 Å². The Balaban J connectivity index is 2.81. The zero-order valence-electron chi connectivity index (χ0n) is 10.8. The van der Waals surface area contributed by atoms with Crippen LogP contribution < -0.4 is 10.6 Å². The predicted molar refractivity (Wildman–Crippen MR) is 70.9 cm³/mol. The van der Waals surface area contributed by atoms with Crippen molar-refractivity contribution in [2.75, 3.05) is 13.7 Å². The van der Waals surface area contributed by atoms with Crippen LogP contribution in [0.5, 0.6) is 5.75 Å². The molecule has 3 nitrogen and oxygen atoms in total. The Bertz CT molecular complexity index is 372. The Morgan fingerprint density at radius 1 is 1.35 bits per heavy atom. The molecule has 0 aromatic heterocycles. The van der Waals surface area contributed by atoms with Crippen LogP contribution >= 0.6 is 0 Å². The van der Waals surface area contributed by atoms with Gasteiger partial charge in [-0.05, 0) is 35.6 Å². The molecule has 0 atom stereocenters. The third-order valence-corrected chi connectivity index (χ3v) is 2.59. The molecule has 1 aromatic carbocycles. The Labute approximate surface area is 103 Å². The molecule has 0 aliphatic carbocycles. The van der Waals surface area contributed by atoms with Gasteiger partial charge in [0.05, 0.1) is 13.7 Å². The van der Waals surface area contributed by atoms with Crippen LogP contribution in [0.4, 0.5) is 0 Å². The van der Waals surface area contributed by atoms with E-state index in [1.54, 1.807) is 7.11 Å². The van der Waals surface area contributed by atoms with Gasteiger partial charge in [-0.3, -0.25) is 0 Å². The summed E-state index contributed by atoms with van der Waals surface area (Å²) in [6.07, 6.45) is 4.95. The monoisotopic (exact) mass is 235 g/mol. The van der Waals surface area contributed by atoms with Gasteiger partial charge >= 0.3 is 0 Å². The molecule has 2 N–H and O–H groups in total. The molecule has 0 unspecified atom stereocenters. The van der Waals surface area contributed by atoms with Crippen molar-refractivity contribution in [3.8, 4) is 5.75 Å². The minimum absolute atomic E-state index is 0.450. The summed E-state index contributed by atoms with van der Waals surface area (Å²) >= 11 is 0. The molecule has 0 aliphatic heterocycles. The number of hydrogen-bond donors (Lipinski definition) is 1. The van der Waals surface area contributed by atoms with Gasteiger partial charge in [0, 0.05) is 0 Å². The van der Waals surface area contributed by atoms with E-state index in [-0.39, 0.29) is 0 Å². The first-order chi connectivity index (χ1) is 8.19. The second-order valence-electron chi connectivity index (χ2n) is 4.22. The number of methoxy groups -OCH3 is 1. The first-order valence-corrected chi connectivity index (χ1v) is 5.85. The maximum absolute atomic E-state index is 5.34. The quantitative estimate of drug-likeness (QED) is 0.608.